The van der Waals surface area contributed by atoms with Crippen molar-refractivity contribution in [1.29, 1.82) is 0 Å². The van der Waals surface area contributed by atoms with E-state index < -0.39 is 0 Å². The van der Waals surface area contributed by atoms with Crippen LogP contribution in [0.3, 0.4) is 0 Å². The Hall–Kier alpha value is -1.39. The van der Waals surface area contributed by atoms with Crippen LogP contribution in [-0.2, 0) is 56.9 Å². The van der Waals surface area contributed by atoms with Crippen LogP contribution in [0.25, 0.3) is 0 Å². The van der Waals surface area contributed by atoms with Gasteiger partial charge in [0.1, 0.15) is 0 Å². The van der Waals surface area contributed by atoms with Crippen LogP contribution in [0.4, 0.5) is 4.79 Å². The summed E-state index contributed by atoms with van der Waals surface area (Å²) in [6.45, 7) is 12.0. The lowest BCUT2D eigenvalue weighted by molar-refractivity contribution is -0.121. The van der Waals surface area contributed by atoms with Gasteiger partial charge < -0.3 is 73.8 Å². The van der Waals surface area contributed by atoms with Crippen molar-refractivity contribution < 1.29 is 61.7 Å². The molecule has 2 aliphatic heterocycles. The molecular weight excluding hydrogens is 704 g/mol. The van der Waals surface area contributed by atoms with Gasteiger partial charge in [-0.05, 0) is 12.8 Å². The zero-order valence-corrected chi connectivity index (χ0v) is 31.8. The Kier molecular flexibility index (Phi) is 31.8. The summed E-state index contributed by atoms with van der Waals surface area (Å²) >= 11 is 1.90. The molecule has 2 saturated heterocycles. The Balaban J connectivity index is 1.15. The Labute approximate surface area is 313 Å². The van der Waals surface area contributed by atoms with Gasteiger partial charge in [0.05, 0.1) is 157 Å². The second-order valence-electron chi connectivity index (χ2n) is 11.7. The van der Waals surface area contributed by atoms with Gasteiger partial charge >= 0.3 is 6.03 Å². The number of thioether (sulfide) groups is 1. The topological polar surface area (TPSA) is 198 Å². The second kappa shape index (κ2) is 35.3. The van der Waals surface area contributed by atoms with Gasteiger partial charge in [-0.15, -0.1) is 0 Å². The number of carbonyl (C=O) groups is 2. The zero-order valence-electron chi connectivity index (χ0n) is 31.0. The number of ether oxygens (including phenoxy) is 11. The van der Waals surface area contributed by atoms with Gasteiger partial charge in [0.25, 0.3) is 0 Å². The Morgan fingerprint density at radius 2 is 0.962 bits per heavy atom. The van der Waals surface area contributed by atoms with Crippen molar-refractivity contribution in [2.24, 2.45) is 5.73 Å². The normalized spacial score (nSPS) is 18.1. The van der Waals surface area contributed by atoms with E-state index in [1.165, 1.54) is 0 Å². The zero-order chi connectivity index (χ0) is 37.0. The number of unbranched alkanes of at least 4 members (excludes halogenated alkanes) is 1. The number of fused-ring (bicyclic) bond motifs is 1. The smallest absolute Gasteiger partial charge is 0.315 e. The van der Waals surface area contributed by atoms with Crippen LogP contribution in [0.5, 0.6) is 0 Å². The van der Waals surface area contributed by atoms with E-state index in [9.17, 15) is 9.59 Å². The molecule has 52 heavy (non-hydrogen) atoms. The first-order valence-electron chi connectivity index (χ1n) is 18.7. The summed E-state index contributed by atoms with van der Waals surface area (Å²) in [5.41, 5.74) is 5.33. The van der Waals surface area contributed by atoms with Gasteiger partial charge in [0.2, 0.25) is 5.91 Å². The number of nitrogens with one attached hydrogen (secondary N) is 3. The first kappa shape index (κ1) is 46.8. The summed E-state index contributed by atoms with van der Waals surface area (Å²) in [6, 6.07) is 0.407. The second-order valence-corrected chi connectivity index (χ2v) is 13.0. The molecule has 0 spiro atoms. The van der Waals surface area contributed by atoms with Crippen LogP contribution < -0.4 is 21.7 Å². The van der Waals surface area contributed by atoms with Crippen molar-refractivity contribution in [3.8, 4) is 0 Å². The van der Waals surface area contributed by atoms with Crippen LogP contribution in [0, 0.1) is 0 Å². The highest BCUT2D eigenvalue weighted by atomic mass is 32.2. The minimum absolute atomic E-state index is 0.0433. The van der Waals surface area contributed by atoms with Crippen molar-refractivity contribution in [2.45, 2.75) is 43.0 Å². The fourth-order valence-electron chi connectivity index (χ4n) is 5.01. The van der Waals surface area contributed by atoms with E-state index in [0.717, 1.165) is 25.0 Å². The van der Waals surface area contributed by atoms with Gasteiger partial charge in [0, 0.05) is 30.5 Å². The molecular formula is C34H66N4O13S. The minimum Gasteiger partial charge on any atom is -0.378 e. The standard InChI is InChI=1S/C34H66N4O13S/c35-5-7-41-9-11-43-13-15-45-17-19-47-21-23-49-25-27-51-28-26-50-24-22-48-20-18-46-16-14-44-12-10-42-8-6-36-32(39)4-2-1-3-31-33-30(29-52-31)37-34(40)38-33/h30-31,33H,1-29,35H2,(H,36,39)(H2,37,38,40)/t30-,31+,33+/m1/s1. The van der Waals surface area contributed by atoms with Gasteiger partial charge in [-0.25, -0.2) is 4.79 Å². The van der Waals surface area contributed by atoms with Gasteiger partial charge in [-0.2, -0.15) is 11.8 Å². The number of hydrogen-bond donors (Lipinski definition) is 4. The van der Waals surface area contributed by atoms with E-state index in [2.05, 4.69) is 16.0 Å². The third-order valence-electron chi connectivity index (χ3n) is 7.63. The average molecular weight is 771 g/mol. The van der Waals surface area contributed by atoms with Crippen molar-refractivity contribution >= 4 is 23.7 Å². The van der Waals surface area contributed by atoms with E-state index in [1.807, 2.05) is 11.8 Å². The number of amides is 3. The third kappa shape index (κ3) is 27.2. The van der Waals surface area contributed by atoms with Gasteiger partial charge in [-0.1, -0.05) is 6.42 Å². The van der Waals surface area contributed by atoms with E-state index in [0.29, 0.717) is 170 Å². The van der Waals surface area contributed by atoms with Gasteiger partial charge in [0.15, 0.2) is 0 Å². The molecule has 5 N–H and O–H groups in total. The maximum atomic E-state index is 12.0. The predicted molar refractivity (Wildman–Crippen MR) is 195 cm³/mol. The van der Waals surface area contributed by atoms with Crippen molar-refractivity contribution in [2.75, 3.05) is 164 Å². The summed E-state index contributed by atoms with van der Waals surface area (Å²) in [6.07, 6.45) is 3.34. The lowest BCUT2D eigenvalue weighted by atomic mass is 10.0. The molecule has 17 nitrogen and oxygen atoms in total. The summed E-state index contributed by atoms with van der Waals surface area (Å²) in [4.78, 5) is 23.5. The quantitative estimate of drug-likeness (QED) is 0.0479. The SMILES string of the molecule is NCCOCCOCCOCCOCCOCCOCCOCCOCCOCCOCCOCCNC(=O)CCCC[C@@H]1SC[C@H]2NC(=O)N[C@H]12. The van der Waals surface area contributed by atoms with Crippen LogP contribution >= 0.6 is 11.8 Å². The maximum Gasteiger partial charge on any atom is 0.315 e. The first-order valence-corrected chi connectivity index (χ1v) is 19.8. The Bertz CT molecular complexity index is 842. The number of rotatable bonds is 40. The van der Waals surface area contributed by atoms with E-state index in [4.69, 9.17) is 57.8 Å². The molecule has 3 amide bonds. The maximum absolute atomic E-state index is 12.0. The number of urea groups is 1. The first-order chi connectivity index (χ1) is 25.7. The lowest BCUT2D eigenvalue weighted by Gasteiger charge is -2.16. The highest BCUT2D eigenvalue weighted by molar-refractivity contribution is 8.00. The summed E-state index contributed by atoms with van der Waals surface area (Å²) < 4.78 is 59.9. The molecule has 18 heteroatoms. The molecule has 0 radical (unpaired) electrons. The molecule has 2 fully saturated rings. The number of nitrogens with two attached hydrogens (primary N) is 1. The summed E-state index contributed by atoms with van der Waals surface area (Å²) in [5.74, 6) is 1.00. The molecule has 0 aromatic carbocycles. The molecule has 2 aliphatic rings. The highest BCUT2D eigenvalue weighted by Gasteiger charge is 2.42. The van der Waals surface area contributed by atoms with Crippen LogP contribution in [0.1, 0.15) is 25.7 Å². The molecule has 0 aliphatic carbocycles. The third-order valence-corrected chi connectivity index (χ3v) is 9.14. The summed E-state index contributed by atoms with van der Waals surface area (Å²) in [7, 11) is 0. The van der Waals surface area contributed by atoms with Crippen LogP contribution in [-0.4, -0.2) is 193 Å². The molecule has 306 valence electrons. The average Bonchev–Trinajstić information content (AvgIpc) is 3.70. The van der Waals surface area contributed by atoms with E-state index >= 15 is 0 Å². The monoisotopic (exact) mass is 770 g/mol. The largest absolute Gasteiger partial charge is 0.378 e. The molecule has 3 atom stereocenters. The van der Waals surface area contributed by atoms with Crippen molar-refractivity contribution in [3.05, 3.63) is 0 Å². The lowest BCUT2D eigenvalue weighted by Crippen LogP contribution is -2.36. The van der Waals surface area contributed by atoms with Crippen molar-refractivity contribution in [3.63, 3.8) is 0 Å². The number of carbonyl (C=O) groups excluding carboxylic acids is 2. The van der Waals surface area contributed by atoms with Crippen LogP contribution in [0.15, 0.2) is 0 Å². The molecule has 0 aromatic rings. The fraction of sp³-hybridized carbons (Fsp3) is 0.941. The molecule has 0 saturated carbocycles. The molecule has 2 heterocycles. The molecule has 2 rings (SSSR count). The molecule has 0 unspecified atom stereocenters. The van der Waals surface area contributed by atoms with E-state index in [-0.39, 0.29) is 24.0 Å². The minimum atomic E-state index is -0.0606. The summed E-state index contributed by atoms with van der Waals surface area (Å²) in [5, 5.41) is 9.28. The molecule has 0 aromatic heterocycles. The highest BCUT2D eigenvalue weighted by Crippen LogP contribution is 2.33. The predicted octanol–water partition coefficient (Wildman–Crippen LogP) is -0.0303. The van der Waals surface area contributed by atoms with Crippen molar-refractivity contribution in [1.82, 2.24) is 16.0 Å². The fourth-order valence-corrected chi connectivity index (χ4v) is 6.55. The Morgan fingerprint density at radius 1 is 0.577 bits per heavy atom. The Morgan fingerprint density at radius 3 is 1.37 bits per heavy atom. The van der Waals surface area contributed by atoms with Gasteiger partial charge in [-0.3, -0.25) is 4.79 Å². The van der Waals surface area contributed by atoms with Crippen LogP contribution in [0.2, 0.25) is 0 Å². The number of hydrogen-bond acceptors (Lipinski definition) is 15. The molecule has 0 bridgehead atoms. The van der Waals surface area contributed by atoms with E-state index in [1.54, 1.807) is 0 Å².